The molecule has 0 saturated heterocycles. The molecule has 2 aromatic carbocycles. The molecule has 2 amide bonds. The summed E-state index contributed by atoms with van der Waals surface area (Å²) in [6, 6.07) is 14.9. The molecule has 0 fully saturated rings. The number of nitro groups is 1. The van der Waals surface area contributed by atoms with Crippen molar-refractivity contribution >= 4 is 29.3 Å². The number of imide groups is 1. The molecule has 0 radical (unpaired) electrons. The smallest absolute Gasteiger partial charge is 0.272 e. The minimum absolute atomic E-state index is 0.0325. The van der Waals surface area contributed by atoms with Gasteiger partial charge in [0, 0.05) is 12.1 Å². The van der Waals surface area contributed by atoms with Crippen molar-refractivity contribution in [3.05, 3.63) is 81.4 Å². The first-order valence-corrected chi connectivity index (χ1v) is 7.88. The van der Waals surface area contributed by atoms with Crippen LogP contribution in [0.3, 0.4) is 0 Å². The summed E-state index contributed by atoms with van der Waals surface area (Å²) in [4.78, 5) is 35.1. The zero-order valence-corrected chi connectivity index (χ0v) is 14.0. The van der Waals surface area contributed by atoms with Gasteiger partial charge in [-0.1, -0.05) is 30.3 Å². The Morgan fingerprint density at radius 2 is 1.81 bits per heavy atom. The van der Waals surface area contributed by atoms with E-state index in [0.717, 1.165) is 10.6 Å². The van der Waals surface area contributed by atoms with Crippen LogP contribution in [0.2, 0.25) is 0 Å². The zero-order chi connectivity index (χ0) is 18.7. The topological polar surface area (TPSA) is 92.9 Å². The number of hydrogen-bond acceptors (Lipinski definition) is 5. The molecule has 1 aliphatic rings. The average Bonchev–Trinajstić information content (AvgIpc) is 2.91. The highest BCUT2D eigenvalue weighted by atomic mass is 16.6. The zero-order valence-electron chi connectivity index (χ0n) is 14.0. The largest absolute Gasteiger partial charge is 0.283 e. The molecule has 7 nitrogen and oxygen atoms in total. The number of amides is 2. The van der Waals surface area contributed by atoms with Gasteiger partial charge in [0.15, 0.2) is 0 Å². The number of benzene rings is 2. The summed E-state index contributed by atoms with van der Waals surface area (Å²) in [5.41, 5.74) is 2.10. The lowest BCUT2D eigenvalue weighted by Gasteiger charge is -2.09. The Labute approximate surface area is 149 Å². The second kappa shape index (κ2) is 7.10. The molecule has 1 heterocycles. The molecule has 7 heteroatoms. The standard InChI is InChI=1S/C19H15N3O4/c1-13-17(11-15-7-9-16(10-8-15)22(25)26)19(24)21(20-13)18(23)12-14-5-3-2-4-6-14/h2-11H,12H2,1H3/b17-11-. The molecule has 0 aliphatic carbocycles. The van der Waals surface area contributed by atoms with Gasteiger partial charge in [0.1, 0.15) is 0 Å². The second-order valence-corrected chi connectivity index (χ2v) is 5.77. The highest BCUT2D eigenvalue weighted by Gasteiger charge is 2.32. The maximum absolute atomic E-state index is 12.5. The number of nitro benzene ring substituents is 1. The van der Waals surface area contributed by atoms with Gasteiger partial charge in [-0.25, -0.2) is 0 Å². The molecule has 0 atom stereocenters. The fourth-order valence-electron chi connectivity index (χ4n) is 2.56. The monoisotopic (exact) mass is 349 g/mol. The number of nitrogens with zero attached hydrogens (tertiary/aromatic N) is 3. The summed E-state index contributed by atoms with van der Waals surface area (Å²) >= 11 is 0. The molecule has 0 saturated carbocycles. The first kappa shape index (κ1) is 17.2. The van der Waals surface area contributed by atoms with Gasteiger partial charge >= 0.3 is 0 Å². The molecular formula is C19H15N3O4. The third-order valence-electron chi connectivity index (χ3n) is 3.91. The number of rotatable bonds is 4. The Balaban J connectivity index is 1.79. The molecule has 0 aromatic heterocycles. The van der Waals surface area contributed by atoms with Crippen LogP contribution in [-0.2, 0) is 16.0 Å². The van der Waals surface area contributed by atoms with Gasteiger partial charge in [0.05, 0.1) is 22.6 Å². The lowest BCUT2D eigenvalue weighted by atomic mass is 10.1. The van der Waals surface area contributed by atoms with Gasteiger partial charge in [-0.2, -0.15) is 10.1 Å². The van der Waals surface area contributed by atoms with E-state index in [2.05, 4.69) is 5.10 Å². The van der Waals surface area contributed by atoms with E-state index in [0.29, 0.717) is 16.8 Å². The van der Waals surface area contributed by atoms with Crippen molar-refractivity contribution in [3.8, 4) is 0 Å². The maximum atomic E-state index is 12.5. The summed E-state index contributed by atoms with van der Waals surface area (Å²) in [5.74, 6) is -0.908. The fraction of sp³-hybridized carbons (Fsp3) is 0.105. The molecule has 0 unspecified atom stereocenters. The van der Waals surface area contributed by atoms with E-state index in [-0.39, 0.29) is 12.1 Å². The van der Waals surface area contributed by atoms with Gasteiger partial charge in [-0.15, -0.1) is 0 Å². The lowest BCUT2D eigenvalue weighted by Crippen LogP contribution is -2.30. The van der Waals surface area contributed by atoms with Crippen molar-refractivity contribution in [2.24, 2.45) is 5.10 Å². The summed E-state index contributed by atoms with van der Waals surface area (Å²) < 4.78 is 0. The van der Waals surface area contributed by atoms with E-state index in [1.807, 2.05) is 30.3 Å². The van der Waals surface area contributed by atoms with Crippen LogP contribution in [0.15, 0.2) is 65.3 Å². The quantitative estimate of drug-likeness (QED) is 0.482. The van der Waals surface area contributed by atoms with E-state index in [1.54, 1.807) is 25.1 Å². The molecule has 0 spiro atoms. The van der Waals surface area contributed by atoms with Crippen LogP contribution in [0.1, 0.15) is 18.1 Å². The van der Waals surface area contributed by atoms with Crippen LogP contribution < -0.4 is 0 Å². The van der Waals surface area contributed by atoms with Gasteiger partial charge in [0.2, 0.25) is 0 Å². The minimum atomic E-state index is -0.498. The van der Waals surface area contributed by atoms with Crippen LogP contribution in [0.5, 0.6) is 0 Å². The summed E-state index contributed by atoms with van der Waals surface area (Å²) in [5, 5.41) is 15.6. The third-order valence-corrected chi connectivity index (χ3v) is 3.91. The van der Waals surface area contributed by atoms with E-state index >= 15 is 0 Å². The van der Waals surface area contributed by atoms with Crippen molar-refractivity contribution in [1.29, 1.82) is 0 Å². The first-order valence-electron chi connectivity index (χ1n) is 7.88. The van der Waals surface area contributed by atoms with Gasteiger partial charge < -0.3 is 0 Å². The maximum Gasteiger partial charge on any atom is 0.283 e. The molecule has 26 heavy (non-hydrogen) atoms. The van der Waals surface area contributed by atoms with Crippen LogP contribution >= 0.6 is 0 Å². The van der Waals surface area contributed by atoms with Crippen molar-refractivity contribution in [3.63, 3.8) is 0 Å². The lowest BCUT2D eigenvalue weighted by molar-refractivity contribution is -0.384. The van der Waals surface area contributed by atoms with Gasteiger partial charge in [-0.05, 0) is 36.3 Å². The second-order valence-electron chi connectivity index (χ2n) is 5.77. The predicted octanol–water partition coefficient (Wildman–Crippen LogP) is 2.97. The number of non-ortho nitro benzene ring substituents is 1. The third kappa shape index (κ3) is 3.56. The molecule has 2 aromatic rings. The Morgan fingerprint density at radius 1 is 1.15 bits per heavy atom. The Kier molecular flexibility index (Phi) is 4.70. The van der Waals surface area contributed by atoms with Crippen LogP contribution in [0.25, 0.3) is 6.08 Å². The number of carbonyl (C=O) groups is 2. The molecular weight excluding hydrogens is 334 g/mol. The van der Waals surface area contributed by atoms with Crippen molar-refractivity contribution < 1.29 is 14.5 Å². The van der Waals surface area contributed by atoms with Crippen molar-refractivity contribution in [2.45, 2.75) is 13.3 Å². The van der Waals surface area contributed by atoms with Crippen LogP contribution in [0.4, 0.5) is 5.69 Å². The first-order chi connectivity index (χ1) is 12.5. The summed E-state index contributed by atoms with van der Waals surface area (Å²) in [6.07, 6.45) is 1.65. The SMILES string of the molecule is CC1=NN(C(=O)Cc2ccccc2)C(=O)/C1=C\c1ccc([N+](=O)[O-])cc1. The highest BCUT2D eigenvalue weighted by Crippen LogP contribution is 2.21. The molecule has 1 aliphatic heterocycles. The summed E-state index contributed by atoms with van der Waals surface area (Å²) in [6.45, 7) is 1.64. The minimum Gasteiger partial charge on any atom is -0.272 e. The van der Waals surface area contributed by atoms with Gasteiger partial charge in [0.25, 0.3) is 17.5 Å². The van der Waals surface area contributed by atoms with Crippen LogP contribution in [-0.4, -0.2) is 27.5 Å². The van der Waals surface area contributed by atoms with E-state index in [9.17, 15) is 19.7 Å². The fourth-order valence-corrected chi connectivity index (χ4v) is 2.56. The molecule has 0 bridgehead atoms. The Bertz CT molecular complexity index is 931. The van der Waals surface area contributed by atoms with E-state index < -0.39 is 16.7 Å². The van der Waals surface area contributed by atoms with Crippen LogP contribution in [0, 0.1) is 10.1 Å². The molecule has 0 N–H and O–H groups in total. The van der Waals surface area contributed by atoms with E-state index in [4.69, 9.17) is 0 Å². The Morgan fingerprint density at radius 3 is 2.42 bits per heavy atom. The normalized spacial score (nSPS) is 15.3. The van der Waals surface area contributed by atoms with Gasteiger partial charge in [-0.3, -0.25) is 19.7 Å². The van der Waals surface area contributed by atoms with Crippen molar-refractivity contribution in [1.82, 2.24) is 5.01 Å². The highest BCUT2D eigenvalue weighted by molar-refractivity contribution is 6.29. The molecule has 3 rings (SSSR count). The average molecular weight is 349 g/mol. The number of hydrogen-bond donors (Lipinski definition) is 0. The number of hydrazone groups is 1. The molecule has 130 valence electrons. The van der Waals surface area contributed by atoms with E-state index in [1.165, 1.54) is 12.1 Å². The van der Waals surface area contributed by atoms with Crippen molar-refractivity contribution in [2.75, 3.05) is 0 Å². The number of carbonyl (C=O) groups excluding carboxylic acids is 2. The Hall–Kier alpha value is -3.61. The predicted molar refractivity (Wildman–Crippen MR) is 96.2 cm³/mol. The summed E-state index contributed by atoms with van der Waals surface area (Å²) in [7, 11) is 0.